The van der Waals surface area contributed by atoms with Crippen molar-refractivity contribution in [2.24, 2.45) is 5.73 Å². The van der Waals surface area contributed by atoms with Crippen LogP contribution in [0.4, 0.5) is 8.78 Å². The average Bonchev–Trinajstić information content (AvgIpc) is 2.22. The first-order valence-corrected chi connectivity index (χ1v) is 5.47. The largest absolute Gasteiger partial charge is 0.384 e. The lowest BCUT2D eigenvalue weighted by molar-refractivity contribution is 0.218. The van der Waals surface area contributed by atoms with Crippen LogP contribution in [-0.2, 0) is 11.3 Å². The van der Waals surface area contributed by atoms with E-state index >= 15 is 0 Å². The summed E-state index contributed by atoms with van der Waals surface area (Å²) in [6, 6.07) is 2.52. The third-order valence-corrected chi connectivity index (χ3v) is 2.88. The number of thioether (sulfide) groups is 1. The predicted molar refractivity (Wildman–Crippen MR) is 56.8 cm³/mol. The van der Waals surface area contributed by atoms with E-state index < -0.39 is 11.6 Å². The van der Waals surface area contributed by atoms with Crippen molar-refractivity contribution in [3.63, 3.8) is 0 Å². The average molecular weight is 233 g/mol. The highest BCUT2D eigenvalue weighted by Gasteiger charge is 2.10. The van der Waals surface area contributed by atoms with Gasteiger partial charge in [-0.2, -0.15) is 0 Å². The lowest BCUT2D eigenvalue weighted by Crippen LogP contribution is -2.00. The van der Waals surface area contributed by atoms with Crippen molar-refractivity contribution in [3.8, 4) is 0 Å². The minimum atomic E-state index is -0.559. The van der Waals surface area contributed by atoms with Gasteiger partial charge in [0.2, 0.25) is 0 Å². The monoisotopic (exact) mass is 233 g/mol. The first-order valence-electron chi connectivity index (χ1n) is 4.48. The molecule has 2 nitrogen and oxygen atoms in total. The van der Waals surface area contributed by atoms with Crippen molar-refractivity contribution in [3.05, 3.63) is 29.3 Å². The molecule has 1 rings (SSSR count). The van der Waals surface area contributed by atoms with Crippen molar-refractivity contribution in [1.29, 1.82) is 0 Å². The van der Waals surface area contributed by atoms with E-state index in [2.05, 4.69) is 0 Å². The number of methoxy groups -OCH3 is 1. The minimum Gasteiger partial charge on any atom is -0.384 e. The SMILES string of the molecule is COCCSc1c(F)cc(CN)cc1F. The van der Waals surface area contributed by atoms with E-state index in [1.807, 2.05) is 0 Å². The first kappa shape index (κ1) is 12.4. The van der Waals surface area contributed by atoms with Crippen molar-refractivity contribution in [2.45, 2.75) is 11.4 Å². The Morgan fingerprint density at radius 2 is 1.93 bits per heavy atom. The molecule has 0 saturated heterocycles. The molecule has 0 radical (unpaired) electrons. The molecule has 0 atom stereocenters. The summed E-state index contributed by atoms with van der Waals surface area (Å²) in [6.07, 6.45) is 0. The van der Waals surface area contributed by atoms with Crippen LogP contribution in [0.15, 0.2) is 17.0 Å². The third-order valence-electron chi connectivity index (χ3n) is 1.83. The quantitative estimate of drug-likeness (QED) is 0.625. The van der Waals surface area contributed by atoms with Crippen molar-refractivity contribution < 1.29 is 13.5 Å². The Morgan fingerprint density at radius 3 is 2.40 bits per heavy atom. The molecule has 15 heavy (non-hydrogen) atoms. The van der Waals surface area contributed by atoms with Crippen LogP contribution in [-0.4, -0.2) is 19.5 Å². The number of ether oxygens (including phenoxy) is 1. The molecule has 1 aromatic rings. The summed E-state index contributed by atoms with van der Waals surface area (Å²) in [5.41, 5.74) is 5.76. The van der Waals surface area contributed by atoms with Crippen molar-refractivity contribution in [1.82, 2.24) is 0 Å². The second-order valence-corrected chi connectivity index (χ2v) is 4.04. The normalized spacial score (nSPS) is 10.7. The topological polar surface area (TPSA) is 35.2 Å². The van der Waals surface area contributed by atoms with Gasteiger partial charge in [0, 0.05) is 19.4 Å². The van der Waals surface area contributed by atoms with Gasteiger partial charge in [-0.25, -0.2) is 8.78 Å². The summed E-state index contributed by atoms with van der Waals surface area (Å²) >= 11 is 1.10. The molecule has 0 amide bonds. The zero-order valence-corrected chi connectivity index (χ0v) is 9.24. The van der Waals surface area contributed by atoms with E-state index in [0.29, 0.717) is 17.9 Å². The predicted octanol–water partition coefficient (Wildman–Crippen LogP) is 2.16. The van der Waals surface area contributed by atoms with Crippen molar-refractivity contribution >= 4 is 11.8 Å². The zero-order chi connectivity index (χ0) is 11.3. The molecule has 0 aliphatic rings. The van der Waals surface area contributed by atoms with Gasteiger partial charge in [-0.1, -0.05) is 0 Å². The van der Waals surface area contributed by atoms with E-state index in [9.17, 15) is 8.78 Å². The molecular formula is C10H13F2NOS. The summed E-state index contributed by atoms with van der Waals surface area (Å²) in [5, 5.41) is 0. The zero-order valence-electron chi connectivity index (χ0n) is 8.43. The number of rotatable bonds is 5. The Labute approximate surface area is 91.8 Å². The Morgan fingerprint density at radius 1 is 1.33 bits per heavy atom. The lowest BCUT2D eigenvalue weighted by atomic mass is 10.2. The molecule has 0 heterocycles. The van der Waals surface area contributed by atoms with Gasteiger partial charge in [0.15, 0.2) is 0 Å². The highest BCUT2D eigenvalue weighted by molar-refractivity contribution is 7.99. The molecule has 0 unspecified atom stereocenters. The summed E-state index contributed by atoms with van der Waals surface area (Å²) in [7, 11) is 1.55. The Balaban J connectivity index is 2.79. The van der Waals surface area contributed by atoms with Gasteiger partial charge in [-0.15, -0.1) is 11.8 Å². The van der Waals surface area contributed by atoms with Crippen LogP contribution in [0, 0.1) is 11.6 Å². The number of hydrogen-bond donors (Lipinski definition) is 1. The smallest absolute Gasteiger partial charge is 0.140 e. The molecule has 0 spiro atoms. The molecule has 0 aromatic heterocycles. The maximum atomic E-state index is 13.4. The first-order chi connectivity index (χ1) is 7.19. The van der Waals surface area contributed by atoms with Gasteiger partial charge in [0.05, 0.1) is 11.5 Å². The highest BCUT2D eigenvalue weighted by Crippen LogP contribution is 2.26. The van der Waals surface area contributed by atoms with Crippen LogP contribution >= 0.6 is 11.8 Å². The molecule has 0 saturated carbocycles. The van der Waals surface area contributed by atoms with Gasteiger partial charge in [0.1, 0.15) is 11.6 Å². The van der Waals surface area contributed by atoms with E-state index in [-0.39, 0.29) is 11.4 Å². The van der Waals surface area contributed by atoms with E-state index in [1.165, 1.54) is 12.1 Å². The molecule has 1 aromatic carbocycles. The van der Waals surface area contributed by atoms with Gasteiger partial charge < -0.3 is 10.5 Å². The van der Waals surface area contributed by atoms with Crippen LogP contribution in [0.5, 0.6) is 0 Å². The molecule has 0 bridgehead atoms. The summed E-state index contributed by atoms with van der Waals surface area (Å²) in [4.78, 5) is 0.0317. The molecule has 84 valence electrons. The molecule has 0 aliphatic heterocycles. The second kappa shape index (κ2) is 6.05. The van der Waals surface area contributed by atoms with Gasteiger partial charge in [-0.05, 0) is 17.7 Å². The fourth-order valence-corrected chi connectivity index (χ4v) is 1.94. The number of hydrogen-bond acceptors (Lipinski definition) is 3. The van der Waals surface area contributed by atoms with Crippen LogP contribution < -0.4 is 5.73 Å². The van der Waals surface area contributed by atoms with E-state index in [4.69, 9.17) is 10.5 Å². The van der Waals surface area contributed by atoms with Crippen LogP contribution in [0.25, 0.3) is 0 Å². The Bertz CT molecular complexity index is 310. The van der Waals surface area contributed by atoms with Gasteiger partial charge in [-0.3, -0.25) is 0 Å². The van der Waals surface area contributed by atoms with E-state index in [0.717, 1.165) is 11.8 Å². The molecule has 2 N–H and O–H groups in total. The summed E-state index contributed by atoms with van der Waals surface area (Å²) in [5.74, 6) is -0.597. The highest BCUT2D eigenvalue weighted by atomic mass is 32.2. The fourth-order valence-electron chi connectivity index (χ4n) is 1.10. The maximum Gasteiger partial charge on any atom is 0.140 e. The van der Waals surface area contributed by atoms with Crippen LogP contribution in [0.3, 0.4) is 0 Å². The second-order valence-electron chi connectivity index (χ2n) is 2.93. The van der Waals surface area contributed by atoms with Gasteiger partial charge >= 0.3 is 0 Å². The molecule has 0 aliphatic carbocycles. The third kappa shape index (κ3) is 3.44. The molecular weight excluding hydrogens is 220 g/mol. The summed E-state index contributed by atoms with van der Waals surface area (Å²) in [6.45, 7) is 0.596. The number of benzene rings is 1. The lowest BCUT2D eigenvalue weighted by Gasteiger charge is -2.06. The number of halogens is 2. The van der Waals surface area contributed by atoms with Crippen molar-refractivity contribution in [2.75, 3.05) is 19.5 Å². The number of nitrogens with two attached hydrogens (primary N) is 1. The van der Waals surface area contributed by atoms with Crippen LogP contribution in [0.1, 0.15) is 5.56 Å². The Kier molecular flexibility index (Phi) is 5.01. The van der Waals surface area contributed by atoms with Crippen LogP contribution in [0.2, 0.25) is 0 Å². The maximum absolute atomic E-state index is 13.4. The summed E-state index contributed by atoms with van der Waals surface area (Å²) < 4.78 is 31.5. The molecule has 5 heteroatoms. The Hall–Kier alpha value is -0.650. The van der Waals surface area contributed by atoms with Gasteiger partial charge in [0.25, 0.3) is 0 Å². The molecule has 0 fully saturated rings. The minimum absolute atomic E-state index is 0.0317. The van der Waals surface area contributed by atoms with E-state index in [1.54, 1.807) is 7.11 Å². The standard InChI is InChI=1S/C10H13F2NOS/c1-14-2-3-15-10-8(11)4-7(6-13)5-9(10)12/h4-5H,2-3,6,13H2,1H3. The fraction of sp³-hybridized carbons (Fsp3) is 0.400.